The Labute approximate surface area is 97.9 Å². The molecule has 3 fully saturated rings. The van der Waals surface area contributed by atoms with Gasteiger partial charge >= 0.3 is 0 Å². The molecule has 16 heavy (non-hydrogen) atoms. The minimum Gasteiger partial charge on any atom is -0.380 e. The van der Waals surface area contributed by atoms with Gasteiger partial charge < -0.3 is 9.47 Å². The van der Waals surface area contributed by atoms with Crippen LogP contribution in [0.5, 0.6) is 0 Å². The summed E-state index contributed by atoms with van der Waals surface area (Å²) in [6.45, 7) is 6.11. The molecule has 0 radical (unpaired) electrons. The van der Waals surface area contributed by atoms with Crippen LogP contribution in [0.3, 0.4) is 0 Å². The molecule has 0 aromatic heterocycles. The van der Waals surface area contributed by atoms with Crippen LogP contribution in [0, 0.1) is 11.3 Å². The maximum atomic E-state index is 6.20. The number of nitrogens with one attached hydrogen (secondary N) is 1. The van der Waals surface area contributed by atoms with E-state index in [0.29, 0.717) is 5.41 Å². The minimum atomic E-state index is 0.00556. The van der Waals surface area contributed by atoms with E-state index >= 15 is 0 Å². The van der Waals surface area contributed by atoms with Crippen LogP contribution in [0.4, 0.5) is 0 Å². The smallest absolute Gasteiger partial charge is 0.119 e. The summed E-state index contributed by atoms with van der Waals surface area (Å²) >= 11 is 0. The van der Waals surface area contributed by atoms with Crippen molar-refractivity contribution in [3.05, 3.63) is 0 Å². The summed E-state index contributed by atoms with van der Waals surface area (Å²) in [6.07, 6.45) is 6.34. The molecule has 2 heterocycles. The third kappa shape index (κ3) is 1.89. The van der Waals surface area contributed by atoms with Crippen LogP contribution in [0.15, 0.2) is 0 Å². The van der Waals surface area contributed by atoms with Crippen LogP contribution in [0.25, 0.3) is 0 Å². The Bertz CT molecular complexity index is 253. The van der Waals surface area contributed by atoms with Gasteiger partial charge in [-0.3, -0.25) is 5.32 Å². The zero-order valence-electron chi connectivity index (χ0n) is 10.3. The van der Waals surface area contributed by atoms with E-state index in [1.165, 1.54) is 32.1 Å². The van der Waals surface area contributed by atoms with Gasteiger partial charge in [0, 0.05) is 6.54 Å². The molecule has 2 aliphatic heterocycles. The molecular formula is C13H23NO2. The van der Waals surface area contributed by atoms with E-state index in [1.54, 1.807) is 0 Å². The lowest BCUT2D eigenvalue weighted by molar-refractivity contribution is -0.224. The summed E-state index contributed by atoms with van der Waals surface area (Å²) in [5.41, 5.74) is 0.314. The summed E-state index contributed by atoms with van der Waals surface area (Å²) in [6, 6.07) is 0. The fourth-order valence-electron chi connectivity index (χ4n) is 3.12. The Hall–Kier alpha value is -0.120. The van der Waals surface area contributed by atoms with E-state index in [0.717, 1.165) is 32.3 Å². The first-order valence-corrected chi connectivity index (χ1v) is 6.69. The predicted octanol–water partition coefficient (Wildman–Crippen LogP) is 1.92. The Balaban J connectivity index is 1.62. The van der Waals surface area contributed by atoms with Crippen LogP contribution >= 0.6 is 0 Å². The molecule has 2 atom stereocenters. The average molecular weight is 225 g/mol. The van der Waals surface area contributed by atoms with Gasteiger partial charge in [-0.05, 0) is 31.6 Å². The van der Waals surface area contributed by atoms with Crippen molar-refractivity contribution in [2.75, 3.05) is 26.4 Å². The normalized spacial score (nSPS) is 42.9. The topological polar surface area (TPSA) is 30.5 Å². The van der Waals surface area contributed by atoms with Crippen molar-refractivity contribution in [1.29, 1.82) is 0 Å². The van der Waals surface area contributed by atoms with Crippen LogP contribution in [-0.4, -0.2) is 32.1 Å². The van der Waals surface area contributed by atoms with Gasteiger partial charge in [0.25, 0.3) is 0 Å². The summed E-state index contributed by atoms with van der Waals surface area (Å²) in [4.78, 5) is 0. The van der Waals surface area contributed by atoms with E-state index in [9.17, 15) is 0 Å². The second-order valence-corrected chi connectivity index (χ2v) is 6.17. The highest BCUT2D eigenvalue weighted by Gasteiger charge is 2.47. The molecular weight excluding hydrogens is 202 g/mol. The minimum absolute atomic E-state index is 0.00556. The first kappa shape index (κ1) is 11.0. The SMILES string of the molecule is CC1CCCC2(CC1)NCC1(COC1)CO2. The number of rotatable bonds is 0. The fourth-order valence-corrected chi connectivity index (χ4v) is 3.12. The summed E-state index contributed by atoms with van der Waals surface area (Å²) in [5, 5.41) is 3.69. The van der Waals surface area contributed by atoms with E-state index < -0.39 is 0 Å². The molecule has 2 unspecified atom stereocenters. The van der Waals surface area contributed by atoms with E-state index in [1.807, 2.05) is 0 Å². The van der Waals surface area contributed by atoms with Crippen molar-refractivity contribution in [1.82, 2.24) is 5.32 Å². The van der Waals surface area contributed by atoms with Gasteiger partial charge in [0.1, 0.15) is 5.72 Å². The zero-order chi connectivity index (χ0) is 11.1. The molecule has 0 bridgehead atoms. The molecule has 3 nitrogen and oxygen atoms in total. The summed E-state index contributed by atoms with van der Waals surface area (Å²) < 4.78 is 11.5. The standard InChI is InChI=1S/C13H23NO2/c1-11-3-2-5-13(6-4-11)14-7-12(10-16-13)8-15-9-12/h11,14H,2-10H2,1H3. The third-order valence-corrected chi connectivity index (χ3v) is 4.58. The molecule has 3 rings (SSSR count). The lowest BCUT2D eigenvalue weighted by atomic mass is 9.84. The molecule has 1 saturated carbocycles. The summed E-state index contributed by atoms with van der Waals surface area (Å²) in [5.74, 6) is 0.868. The molecule has 3 heteroatoms. The third-order valence-electron chi connectivity index (χ3n) is 4.58. The number of hydrogen-bond donors (Lipinski definition) is 1. The van der Waals surface area contributed by atoms with Crippen molar-refractivity contribution in [3.8, 4) is 0 Å². The highest BCUT2D eigenvalue weighted by atomic mass is 16.5. The Morgan fingerprint density at radius 1 is 1.12 bits per heavy atom. The molecule has 1 N–H and O–H groups in total. The van der Waals surface area contributed by atoms with Gasteiger partial charge in [-0.2, -0.15) is 0 Å². The lowest BCUT2D eigenvalue weighted by Gasteiger charge is -2.51. The monoisotopic (exact) mass is 225 g/mol. The molecule has 92 valence electrons. The molecule has 0 aromatic carbocycles. The van der Waals surface area contributed by atoms with Gasteiger partial charge in [0.05, 0.1) is 25.2 Å². The predicted molar refractivity (Wildman–Crippen MR) is 62.2 cm³/mol. The maximum absolute atomic E-state index is 6.20. The molecule has 0 aromatic rings. The van der Waals surface area contributed by atoms with Crippen molar-refractivity contribution < 1.29 is 9.47 Å². The van der Waals surface area contributed by atoms with E-state index in [-0.39, 0.29) is 5.72 Å². The van der Waals surface area contributed by atoms with Crippen molar-refractivity contribution >= 4 is 0 Å². The molecule has 2 spiro atoms. The Morgan fingerprint density at radius 2 is 2.00 bits per heavy atom. The van der Waals surface area contributed by atoms with Gasteiger partial charge in [-0.15, -0.1) is 0 Å². The second kappa shape index (κ2) is 3.97. The van der Waals surface area contributed by atoms with Crippen LogP contribution < -0.4 is 5.32 Å². The van der Waals surface area contributed by atoms with Crippen LogP contribution in [0.2, 0.25) is 0 Å². The van der Waals surface area contributed by atoms with Gasteiger partial charge in [0.2, 0.25) is 0 Å². The molecule has 0 amide bonds. The molecule has 2 saturated heterocycles. The number of hydrogen-bond acceptors (Lipinski definition) is 3. The average Bonchev–Trinajstić information content (AvgIpc) is 2.42. The fraction of sp³-hybridized carbons (Fsp3) is 1.00. The first-order valence-electron chi connectivity index (χ1n) is 6.69. The van der Waals surface area contributed by atoms with E-state index in [2.05, 4.69) is 12.2 Å². The van der Waals surface area contributed by atoms with Crippen molar-refractivity contribution in [2.45, 2.75) is 44.8 Å². The van der Waals surface area contributed by atoms with E-state index in [4.69, 9.17) is 9.47 Å². The Morgan fingerprint density at radius 3 is 2.62 bits per heavy atom. The Kier molecular flexibility index (Phi) is 2.73. The lowest BCUT2D eigenvalue weighted by Crippen LogP contribution is -2.64. The van der Waals surface area contributed by atoms with Crippen molar-refractivity contribution in [2.24, 2.45) is 11.3 Å². The van der Waals surface area contributed by atoms with Crippen LogP contribution in [-0.2, 0) is 9.47 Å². The van der Waals surface area contributed by atoms with Crippen molar-refractivity contribution in [3.63, 3.8) is 0 Å². The summed E-state index contributed by atoms with van der Waals surface area (Å²) in [7, 11) is 0. The highest BCUT2D eigenvalue weighted by Crippen LogP contribution is 2.38. The second-order valence-electron chi connectivity index (χ2n) is 6.17. The van der Waals surface area contributed by atoms with Gasteiger partial charge in [-0.25, -0.2) is 0 Å². The van der Waals surface area contributed by atoms with Gasteiger partial charge in [0.15, 0.2) is 0 Å². The quantitative estimate of drug-likeness (QED) is 0.683. The zero-order valence-corrected chi connectivity index (χ0v) is 10.3. The largest absolute Gasteiger partial charge is 0.380 e. The van der Waals surface area contributed by atoms with Gasteiger partial charge in [-0.1, -0.05) is 13.3 Å². The molecule has 1 aliphatic carbocycles. The molecule has 3 aliphatic rings. The highest BCUT2D eigenvalue weighted by molar-refractivity contribution is 4.96. The van der Waals surface area contributed by atoms with Crippen LogP contribution in [0.1, 0.15) is 39.0 Å². The maximum Gasteiger partial charge on any atom is 0.119 e. The number of ether oxygens (including phenoxy) is 2. The first-order chi connectivity index (χ1) is 7.72.